The van der Waals surface area contributed by atoms with Crippen molar-refractivity contribution in [1.29, 1.82) is 0 Å². The van der Waals surface area contributed by atoms with Crippen LogP contribution in [0.5, 0.6) is 5.75 Å². The number of halogens is 3. The molecule has 1 N–H and O–H groups in total. The number of nitrogens with one attached hydrogen (secondary N) is 1. The predicted molar refractivity (Wildman–Crippen MR) is 96.8 cm³/mol. The molecule has 0 aliphatic carbocycles. The number of carbonyl (C=O) groups excluding carboxylic acids is 1. The Kier molecular flexibility index (Phi) is 5.43. The topological polar surface area (TPSA) is 41.6 Å². The van der Waals surface area contributed by atoms with E-state index in [1.54, 1.807) is 7.11 Å². The zero-order chi connectivity index (χ0) is 19.9. The molecule has 3 unspecified atom stereocenters. The van der Waals surface area contributed by atoms with Crippen LogP contribution in [0.4, 0.5) is 13.2 Å². The molecule has 1 aromatic rings. The van der Waals surface area contributed by atoms with E-state index in [1.165, 1.54) is 11.1 Å². The zero-order valence-electron chi connectivity index (χ0n) is 16.2. The van der Waals surface area contributed by atoms with Gasteiger partial charge in [-0.05, 0) is 69.2 Å². The summed E-state index contributed by atoms with van der Waals surface area (Å²) in [6, 6.07) is 4.22. The Morgan fingerprint density at radius 3 is 2.30 bits per heavy atom. The molecule has 2 aliphatic rings. The molecule has 1 amide bonds. The Balaban J connectivity index is 1.75. The summed E-state index contributed by atoms with van der Waals surface area (Å²) in [5.74, 6) is -0.963. The minimum atomic E-state index is -4.82. The van der Waals surface area contributed by atoms with Crippen molar-refractivity contribution < 1.29 is 22.7 Å². The van der Waals surface area contributed by atoms with E-state index < -0.39 is 18.1 Å². The quantitative estimate of drug-likeness (QED) is 0.852. The van der Waals surface area contributed by atoms with E-state index in [1.807, 2.05) is 13.0 Å². The maximum Gasteiger partial charge on any atom is 0.471 e. The Hall–Kier alpha value is -1.76. The van der Waals surface area contributed by atoms with Gasteiger partial charge in [0.05, 0.1) is 7.11 Å². The number of fused-ring (bicyclic) bond motifs is 2. The average molecular weight is 384 g/mol. The highest BCUT2D eigenvalue weighted by atomic mass is 19.4. The number of hydrogen-bond donors (Lipinski definition) is 1. The first-order valence-electron chi connectivity index (χ1n) is 9.42. The smallest absolute Gasteiger partial charge is 0.471 e. The molecule has 7 heteroatoms. The Morgan fingerprint density at radius 2 is 1.78 bits per heavy atom. The monoisotopic (exact) mass is 384 g/mol. The van der Waals surface area contributed by atoms with E-state index >= 15 is 0 Å². The maximum absolute atomic E-state index is 12.6. The number of nitrogens with zero attached hydrogens (tertiary/aromatic N) is 1. The third kappa shape index (κ3) is 3.79. The molecule has 4 nitrogen and oxygen atoms in total. The molecular weight excluding hydrogens is 357 g/mol. The lowest BCUT2D eigenvalue weighted by molar-refractivity contribution is -0.174. The number of amides is 1. The van der Waals surface area contributed by atoms with E-state index in [-0.39, 0.29) is 18.1 Å². The number of rotatable bonds is 4. The fourth-order valence-corrected chi connectivity index (χ4v) is 4.88. The van der Waals surface area contributed by atoms with Crippen molar-refractivity contribution in [1.82, 2.24) is 10.2 Å². The molecule has 150 valence electrons. The number of alkyl halides is 3. The zero-order valence-corrected chi connectivity index (χ0v) is 16.2. The average Bonchev–Trinajstić information content (AvgIpc) is 2.86. The van der Waals surface area contributed by atoms with Gasteiger partial charge >= 0.3 is 12.1 Å². The fraction of sp³-hybridized carbons (Fsp3) is 0.650. The van der Waals surface area contributed by atoms with Gasteiger partial charge in [0.15, 0.2) is 0 Å². The fourth-order valence-electron chi connectivity index (χ4n) is 4.88. The summed E-state index contributed by atoms with van der Waals surface area (Å²) in [6.45, 7) is 6.29. The maximum atomic E-state index is 12.6. The molecule has 2 fully saturated rings. The van der Waals surface area contributed by atoms with Crippen LogP contribution in [-0.2, 0) is 4.79 Å². The van der Waals surface area contributed by atoms with Gasteiger partial charge in [-0.1, -0.05) is 6.07 Å². The van der Waals surface area contributed by atoms with Gasteiger partial charge in [0, 0.05) is 24.2 Å². The lowest BCUT2D eigenvalue weighted by atomic mass is 9.91. The van der Waals surface area contributed by atoms with Crippen LogP contribution in [0.15, 0.2) is 12.1 Å². The van der Waals surface area contributed by atoms with Crippen LogP contribution in [-0.4, -0.2) is 42.2 Å². The minimum Gasteiger partial charge on any atom is -0.496 e. The lowest BCUT2D eigenvalue weighted by Crippen LogP contribution is -2.53. The molecule has 0 aromatic heterocycles. The summed E-state index contributed by atoms with van der Waals surface area (Å²) in [7, 11) is 1.66. The Labute approximate surface area is 158 Å². The van der Waals surface area contributed by atoms with Gasteiger partial charge in [0.1, 0.15) is 5.75 Å². The van der Waals surface area contributed by atoms with Crippen LogP contribution in [0.3, 0.4) is 0 Å². The SMILES string of the molecule is COc1ccc(C(C)N2C3CCC2CC(NC(=O)C(F)(F)F)C3)c(C)c1C. The second-order valence-corrected chi connectivity index (χ2v) is 7.75. The highest BCUT2D eigenvalue weighted by molar-refractivity contribution is 5.81. The molecule has 2 aliphatic heterocycles. The van der Waals surface area contributed by atoms with Crippen molar-refractivity contribution in [2.24, 2.45) is 0 Å². The first kappa shape index (κ1) is 20.0. The van der Waals surface area contributed by atoms with E-state index in [0.29, 0.717) is 12.8 Å². The molecule has 0 saturated carbocycles. The summed E-state index contributed by atoms with van der Waals surface area (Å²) in [5.41, 5.74) is 3.53. The summed E-state index contributed by atoms with van der Waals surface area (Å²) in [6.07, 6.45) is -1.77. The van der Waals surface area contributed by atoms with Gasteiger partial charge < -0.3 is 10.1 Å². The summed E-state index contributed by atoms with van der Waals surface area (Å²) in [4.78, 5) is 13.7. The third-order valence-electron chi connectivity index (χ3n) is 6.28. The van der Waals surface area contributed by atoms with E-state index in [9.17, 15) is 18.0 Å². The molecule has 3 rings (SSSR count). The number of carbonyl (C=O) groups is 1. The molecule has 2 saturated heterocycles. The summed E-state index contributed by atoms with van der Waals surface area (Å²) < 4.78 is 43.0. The van der Waals surface area contributed by atoms with Crippen LogP contribution in [0.25, 0.3) is 0 Å². The van der Waals surface area contributed by atoms with Crippen molar-refractivity contribution in [2.45, 2.75) is 76.8 Å². The van der Waals surface area contributed by atoms with Crippen molar-refractivity contribution in [3.63, 3.8) is 0 Å². The second-order valence-electron chi connectivity index (χ2n) is 7.75. The first-order valence-corrected chi connectivity index (χ1v) is 9.42. The molecular formula is C20H27F3N2O2. The van der Waals surface area contributed by atoms with Crippen molar-refractivity contribution in [2.75, 3.05) is 7.11 Å². The van der Waals surface area contributed by atoms with E-state index in [0.717, 1.165) is 24.2 Å². The number of piperidine rings is 1. The normalized spacial score (nSPS) is 26.7. The second kappa shape index (κ2) is 7.34. The number of benzene rings is 1. The predicted octanol–water partition coefficient (Wildman–Crippen LogP) is 4.05. The highest BCUT2D eigenvalue weighted by Gasteiger charge is 2.46. The number of ether oxygens (including phenoxy) is 1. The summed E-state index contributed by atoms with van der Waals surface area (Å²) in [5, 5.41) is 2.19. The molecule has 0 spiro atoms. The van der Waals surface area contributed by atoms with Gasteiger partial charge in [-0.2, -0.15) is 13.2 Å². The van der Waals surface area contributed by atoms with Gasteiger partial charge in [-0.25, -0.2) is 0 Å². The number of hydrogen-bond acceptors (Lipinski definition) is 3. The largest absolute Gasteiger partial charge is 0.496 e. The highest BCUT2D eigenvalue weighted by Crippen LogP contribution is 2.43. The molecule has 2 bridgehead atoms. The first-order chi connectivity index (χ1) is 12.6. The van der Waals surface area contributed by atoms with Crippen LogP contribution in [0.2, 0.25) is 0 Å². The minimum absolute atomic E-state index is 0.173. The summed E-state index contributed by atoms with van der Waals surface area (Å²) >= 11 is 0. The van der Waals surface area contributed by atoms with Gasteiger partial charge in [0.25, 0.3) is 0 Å². The van der Waals surface area contributed by atoms with Crippen LogP contribution < -0.4 is 10.1 Å². The van der Waals surface area contributed by atoms with Crippen LogP contribution in [0.1, 0.15) is 55.3 Å². The van der Waals surface area contributed by atoms with Crippen LogP contribution >= 0.6 is 0 Å². The lowest BCUT2D eigenvalue weighted by Gasteiger charge is -2.43. The Bertz CT molecular complexity index is 706. The van der Waals surface area contributed by atoms with Crippen molar-refractivity contribution in [3.05, 3.63) is 28.8 Å². The number of methoxy groups -OCH3 is 1. The van der Waals surface area contributed by atoms with Gasteiger partial charge in [0.2, 0.25) is 0 Å². The Morgan fingerprint density at radius 1 is 1.19 bits per heavy atom. The van der Waals surface area contributed by atoms with Crippen molar-refractivity contribution >= 4 is 5.91 Å². The molecule has 0 radical (unpaired) electrons. The van der Waals surface area contributed by atoms with Gasteiger partial charge in [-0.3, -0.25) is 9.69 Å². The third-order valence-corrected chi connectivity index (χ3v) is 6.28. The molecule has 2 heterocycles. The van der Waals surface area contributed by atoms with E-state index in [4.69, 9.17) is 4.74 Å². The molecule has 1 aromatic carbocycles. The van der Waals surface area contributed by atoms with Gasteiger partial charge in [-0.15, -0.1) is 0 Å². The van der Waals surface area contributed by atoms with E-state index in [2.05, 4.69) is 30.1 Å². The standard InChI is InChI=1S/C20H27F3N2O2/c1-11-12(2)18(27-4)8-7-17(11)13(3)25-15-5-6-16(25)10-14(9-15)24-19(26)20(21,22)23/h7-8,13-16H,5-6,9-10H2,1-4H3,(H,24,26). The van der Waals surface area contributed by atoms with Crippen molar-refractivity contribution in [3.8, 4) is 5.75 Å². The van der Waals surface area contributed by atoms with Crippen LogP contribution in [0, 0.1) is 13.8 Å². The molecule has 27 heavy (non-hydrogen) atoms. The molecule has 3 atom stereocenters.